The second-order valence-electron chi connectivity index (χ2n) is 4.43. The molecule has 0 aliphatic carbocycles. The minimum absolute atomic E-state index is 0.0203. The number of nitrogens with one attached hydrogen (secondary N) is 1. The third kappa shape index (κ3) is 5.02. The van der Waals surface area contributed by atoms with E-state index in [1.165, 1.54) is 12.1 Å². The first kappa shape index (κ1) is 16.9. The molecule has 23 heavy (non-hydrogen) atoms. The Morgan fingerprint density at radius 2 is 1.61 bits per heavy atom. The lowest BCUT2D eigenvalue weighted by molar-refractivity contribution is 0.331. The summed E-state index contributed by atoms with van der Waals surface area (Å²) in [4.78, 5) is 0.215. The average Bonchev–Trinajstić information content (AvgIpc) is 2.59. The Balaban J connectivity index is 1.83. The van der Waals surface area contributed by atoms with Crippen LogP contribution in [0, 0.1) is 11.8 Å². The third-order valence-electron chi connectivity index (χ3n) is 2.90. The van der Waals surface area contributed by atoms with E-state index < -0.39 is 10.0 Å². The van der Waals surface area contributed by atoms with Crippen molar-refractivity contribution in [2.45, 2.75) is 4.90 Å². The molecule has 120 valence electrons. The summed E-state index contributed by atoms with van der Waals surface area (Å²) in [7, 11) is -1.96. The molecule has 0 aliphatic rings. The third-order valence-corrected chi connectivity index (χ3v) is 4.32. The minimum Gasteiger partial charge on any atom is -0.493 e. The van der Waals surface area contributed by atoms with Crippen LogP contribution in [0.4, 0.5) is 0 Å². The average molecular weight is 331 g/mol. The first-order valence-electron chi connectivity index (χ1n) is 6.90. The Morgan fingerprint density at radius 1 is 0.957 bits per heavy atom. The van der Waals surface area contributed by atoms with Crippen molar-refractivity contribution in [2.24, 2.45) is 0 Å². The lowest BCUT2D eigenvalue weighted by Crippen LogP contribution is -2.23. The number of hydrogen-bond acceptors (Lipinski definition) is 4. The van der Waals surface area contributed by atoms with Crippen LogP contribution in [0.1, 0.15) is 0 Å². The highest BCUT2D eigenvalue weighted by Crippen LogP contribution is 2.25. The summed E-state index contributed by atoms with van der Waals surface area (Å²) < 4.78 is 36.9. The van der Waals surface area contributed by atoms with Crippen LogP contribution in [0.15, 0.2) is 59.5 Å². The van der Waals surface area contributed by atoms with Crippen LogP contribution in [-0.4, -0.2) is 28.7 Å². The van der Waals surface area contributed by atoms with E-state index >= 15 is 0 Å². The smallest absolute Gasteiger partial charge is 0.241 e. The molecule has 0 aromatic heterocycles. The van der Waals surface area contributed by atoms with Crippen molar-refractivity contribution >= 4 is 10.0 Å². The number of sulfonamides is 1. The second kappa shape index (κ2) is 8.22. The van der Waals surface area contributed by atoms with Crippen LogP contribution in [0.5, 0.6) is 11.5 Å². The Morgan fingerprint density at radius 3 is 2.30 bits per heavy atom. The minimum atomic E-state index is -3.52. The number of rotatable bonds is 6. The predicted molar refractivity (Wildman–Crippen MR) is 87.9 cm³/mol. The van der Waals surface area contributed by atoms with Gasteiger partial charge in [-0.25, -0.2) is 8.42 Å². The molecule has 1 N–H and O–H groups in total. The van der Waals surface area contributed by atoms with Crippen LogP contribution in [-0.2, 0) is 10.0 Å². The van der Waals surface area contributed by atoms with Gasteiger partial charge in [-0.05, 0) is 24.3 Å². The van der Waals surface area contributed by atoms with Gasteiger partial charge in [0.05, 0.1) is 18.6 Å². The van der Waals surface area contributed by atoms with E-state index in [-0.39, 0.29) is 18.0 Å². The lowest BCUT2D eigenvalue weighted by atomic mass is 10.3. The molecule has 0 heterocycles. The van der Waals surface area contributed by atoms with Gasteiger partial charge in [0.2, 0.25) is 10.0 Å². The highest BCUT2D eigenvalue weighted by Gasteiger charge is 2.11. The highest BCUT2D eigenvalue weighted by molar-refractivity contribution is 7.89. The maximum Gasteiger partial charge on any atom is 0.241 e. The van der Waals surface area contributed by atoms with Gasteiger partial charge in [-0.15, -0.1) is 0 Å². The monoisotopic (exact) mass is 331 g/mol. The fourth-order valence-electron chi connectivity index (χ4n) is 1.78. The molecule has 0 saturated carbocycles. The quantitative estimate of drug-likeness (QED) is 0.823. The molecule has 0 aliphatic heterocycles. The van der Waals surface area contributed by atoms with Crippen LogP contribution >= 0.6 is 0 Å². The van der Waals surface area contributed by atoms with E-state index in [0.717, 1.165) is 0 Å². The molecule has 0 radical (unpaired) electrons. The Labute approximate surface area is 136 Å². The maximum atomic E-state index is 11.9. The Bertz CT molecular complexity index is 792. The molecular weight excluding hydrogens is 314 g/mol. The van der Waals surface area contributed by atoms with E-state index in [9.17, 15) is 8.42 Å². The zero-order valence-electron chi connectivity index (χ0n) is 12.7. The summed E-state index contributed by atoms with van der Waals surface area (Å²) in [6, 6.07) is 15.4. The van der Waals surface area contributed by atoms with Crippen LogP contribution in [0.25, 0.3) is 0 Å². The molecule has 2 aromatic carbocycles. The van der Waals surface area contributed by atoms with E-state index in [0.29, 0.717) is 11.5 Å². The normalized spacial score (nSPS) is 10.5. The largest absolute Gasteiger partial charge is 0.493 e. The van der Waals surface area contributed by atoms with Crippen LogP contribution < -0.4 is 14.2 Å². The van der Waals surface area contributed by atoms with Gasteiger partial charge in [0.1, 0.15) is 6.61 Å². The summed E-state index contributed by atoms with van der Waals surface area (Å²) in [5.41, 5.74) is 0. The van der Waals surface area contributed by atoms with Crippen molar-refractivity contribution in [3.63, 3.8) is 0 Å². The van der Waals surface area contributed by atoms with E-state index in [1.54, 1.807) is 37.4 Å². The van der Waals surface area contributed by atoms with Gasteiger partial charge in [-0.1, -0.05) is 42.2 Å². The molecule has 0 bridgehead atoms. The Kier molecular flexibility index (Phi) is 6.03. The van der Waals surface area contributed by atoms with Gasteiger partial charge in [-0.3, -0.25) is 0 Å². The first-order chi connectivity index (χ1) is 11.1. The SMILES string of the molecule is COc1ccccc1OCC#CCNS(=O)(=O)c1ccccc1. The summed E-state index contributed by atoms with van der Waals surface area (Å²) >= 11 is 0. The second-order valence-corrected chi connectivity index (χ2v) is 6.20. The van der Waals surface area contributed by atoms with Crippen molar-refractivity contribution in [3.05, 3.63) is 54.6 Å². The Hall–Kier alpha value is -2.49. The van der Waals surface area contributed by atoms with E-state index in [2.05, 4.69) is 16.6 Å². The zero-order chi connectivity index (χ0) is 16.5. The molecule has 0 amide bonds. The lowest BCUT2D eigenvalue weighted by Gasteiger charge is -2.07. The van der Waals surface area contributed by atoms with Crippen molar-refractivity contribution in [2.75, 3.05) is 20.3 Å². The molecule has 2 aromatic rings. The highest BCUT2D eigenvalue weighted by atomic mass is 32.2. The number of benzene rings is 2. The van der Waals surface area contributed by atoms with Gasteiger partial charge in [0.25, 0.3) is 0 Å². The molecule has 6 heteroatoms. The molecule has 0 fully saturated rings. The van der Waals surface area contributed by atoms with Gasteiger partial charge >= 0.3 is 0 Å². The van der Waals surface area contributed by atoms with Crippen molar-refractivity contribution < 1.29 is 17.9 Å². The zero-order valence-corrected chi connectivity index (χ0v) is 13.5. The summed E-state index contributed by atoms with van der Waals surface area (Å²) in [6.07, 6.45) is 0. The molecule has 0 spiro atoms. The predicted octanol–water partition coefficient (Wildman–Crippen LogP) is 2.06. The van der Waals surface area contributed by atoms with E-state index in [4.69, 9.17) is 9.47 Å². The fraction of sp³-hybridized carbons (Fsp3) is 0.176. The van der Waals surface area contributed by atoms with Gasteiger partial charge in [-0.2, -0.15) is 4.72 Å². The molecule has 2 rings (SSSR count). The molecule has 0 atom stereocenters. The topological polar surface area (TPSA) is 64.6 Å². The standard InChI is InChI=1S/C17H17NO4S/c1-21-16-11-5-6-12-17(16)22-14-8-7-13-18-23(19,20)15-9-3-2-4-10-15/h2-6,9-12,18H,13-14H2,1H3. The fourth-order valence-corrected chi connectivity index (χ4v) is 2.72. The van der Waals surface area contributed by atoms with Gasteiger partial charge in [0.15, 0.2) is 11.5 Å². The van der Waals surface area contributed by atoms with Crippen LogP contribution in [0.2, 0.25) is 0 Å². The first-order valence-corrected chi connectivity index (χ1v) is 8.38. The van der Waals surface area contributed by atoms with Crippen molar-refractivity contribution in [1.82, 2.24) is 4.72 Å². The number of methoxy groups -OCH3 is 1. The van der Waals surface area contributed by atoms with Gasteiger partial charge < -0.3 is 9.47 Å². The van der Waals surface area contributed by atoms with Crippen molar-refractivity contribution in [1.29, 1.82) is 0 Å². The molecule has 0 unspecified atom stereocenters. The number of para-hydroxylation sites is 2. The van der Waals surface area contributed by atoms with Crippen molar-refractivity contribution in [3.8, 4) is 23.3 Å². The summed E-state index contributed by atoms with van der Waals surface area (Å²) in [5.74, 6) is 6.68. The number of ether oxygens (including phenoxy) is 2. The number of hydrogen-bond donors (Lipinski definition) is 1. The molecular formula is C17H17NO4S. The summed E-state index contributed by atoms with van der Waals surface area (Å²) in [6.45, 7) is 0.167. The molecule has 5 nitrogen and oxygen atoms in total. The van der Waals surface area contributed by atoms with Gasteiger partial charge in [0, 0.05) is 0 Å². The maximum absolute atomic E-state index is 11.9. The molecule has 0 saturated heterocycles. The summed E-state index contributed by atoms with van der Waals surface area (Å²) in [5, 5.41) is 0. The van der Waals surface area contributed by atoms with E-state index in [1.807, 2.05) is 12.1 Å². The van der Waals surface area contributed by atoms with Crippen LogP contribution in [0.3, 0.4) is 0 Å².